The Labute approximate surface area is 99.4 Å². The van der Waals surface area contributed by atoms with E-state index in [9.17, 15) is 4.79 Å². The predicted octanol–water partition coefficient (Wildman–Crippen LogP) is 2.93. The van der Waals surface area contributed by atoms with Gasteiger partial charge in [0.05, 0.1) is 5.41 Å². The first-order valence-electron chi connectivity index (χ1n) is 5.27. The van der Waals surface area contributed by atoms with Crippen LogP contribution in [0, 0.1) is 12.3 Å². The summed E-state index contributed by atoms with van der Waals surface area (Å²) >= 11 is 5.99. The van der Waals surface area contributed by atoms with E-state index in [1.165, 1.54) is 0 Å². The van der Waals surface area contributed by atoms with Gasteiger partial charge in [-0.1, -0.05) is 17.7 Å². The van der Waals surface area contributed by atoms with Crippen LogP contribution >= 0.6 is 11.6 Å². The van der Waals surface area contributed by atoms with Crippen molar-refractivity contribution in [2.24, 2.45) is 5.41 Å². The number of hydrogen-bond donors (Lipinski definition) is 2. The molecule has 16 heavy (non-hydrogen) atoms. The average Bonchev–Trinajstić information content (AvgIpc) is 3.01. The smallest absolute Gasteiger partial charge is 0.311 e. The van der Waals surface area contributed by atoms with Gasteiger partial charge in [-0.15, -0.1) is 0 Å². The first-order chi connectivity index (χ1) is 7.55. The van der Waals surface area contributed by atoms with E-state index >= 15 is 0 Å². The number of nitrogens with one attached hydrogen (secondary N) is 1. The lowest BCUT2D eigenvalue weighted by molar-refractivity contribution is -0.142. The molecule has 0 bridgehead atoms. The summed E-state index contributed by atoms with van der Waals surface area (Å²) in [5, 5.41) is 12.9. The molecule has 0 spiro atoms. The second kappa shape index (κ2) is 3.98. The summed E-state index contributed by atoms with van der Waals surface area (Å²) in [6.45, 7) is 2.40. The second-order valence-electron chi connectivity index (χ2n) is 4.35. The maximum absolute atomic E-state index is 11.0. The largest absolute Gasteiger partial charge is 0.481 e. The number of rotatable bonds is 4. The number of halogens is 1. The van der Waals surface area contributed by atoms with E-state index in [4.69, 9.17) is 16.7 Å². The van der Waals surface area contributed by atoms with Crippen LogP contribution in [0.1, 0.15) is 18.4 Å². The van der Waals surface area contributed by atoms with E-state index in [0.29, 0.717) is 11.6 Å². The Morgan fingerprint density at radius 1 is 1.56 bits per heavy atom. The molecular weight excluding hydrogens is 226 g/mol. The van der Waals surface area contributed by atoms with Gasteiger partial charge in [0.2, 0.25) is 0 Å². The van der Waals surface area contributed by atoms with Crippen LogP contribution in [0.25, 0.3) is 0 Å². The van der Waals surface area contributed by atoms with Crippen LogP contribution < -0.4 is 5.32 Å². The number of anilines is 1. The van der Waals surface area contributed by atoms with Crippen molar-refractivity contribution < 1.29 is 9.90 Å². The maximum Gasteiger partial charge on any atom is 0.311 e. The molecule has 0 aliphatic heterocycles. The Morgan fingerprint density at radius 3 is 2.81 bits per heavy atom. The van der Waals surface area contributed by atoms with Crippen LogP contribution in [0.4, 0.5) is 5.69 Å². The molecule has 1 aromatic rings. The van der Waals surface area contributed by atoms with Crippen molar-refractivity contribution in [3.63, 3.8) is 0 Å². The molecule has 1 aromatic carbocycles. The predicted molar refractivity (Wildman–Crippen MR) is 64.0 cm³/mol. The molecule has 2 N–H and O–H groups in total. The highest BCUT2D eigenvalue weighted by Gasteiger charge is 2.50. The fraction of sp³-hybridized carbons (Fsp3) is 0.417. The molecular formula is C12H14ClNO2. The molecule has 0 amide bonds. The summed E-state index contributed by atoms with van der Waals surface area (Å²) in [6.07, 6.45) is 1.52. The first kappa shape index (κ1) is 11.3. The van der Waals surface area contributed by atoms with Gasteiger partial charge in [0.15, 0.2) is 0 Å². The van der Waals surface area contributed by atoms with E-state index < -0.39 is 11.4 Å². The summed E-state index contributed by atoms with van der Waals surface area (Å²) in [7, 11) is 0. The molecule has 4 heteroatoms. The van der Waals surface area contributed by atoms with E-state index in [2.05, 4.69) is 5.32 Å². The third-order valence-electron chi connectivity index (χ3n) is 3.19. The summed E-state index contributed by atoms with van der Waals surface area (Å²) in [6, 6.07) is 5.60. The van der Waals surface area contributed by atoms with Crippen molar-refractivity contribution in [2.45, 2.75) is 19.8 Å². The van der Waals surface area contributed by atoms with E-state index in [0.717, 1.165) is 24.1 Å². The molecule has 0 unspecified atom stereocenters. The zero-order valence-electron chi connectivity index (χ0n) is 9.09. The number of aliphatic carboxylic acids is 1. The van der Waals surface area contributed by atoms with Crippen LogP contribution in [0.15, 0.2) is 18.2 Å². The number of carbonyl (C=O) groups is 1. The Kier molecular flexibility index (Phi) is 2.80. The Morgan fingerprint density at radius 2 is 2.25 bits per heavy atom. The molecule has 0 radical (unpaired) electrons. The standard InChI is InChI=1S/C12H14ClNO2/c1-8-9(13)3-2-4-10(8)14-7-12(5-6-12)11(15)16/h2-4,14H,5-7H2,1H3,(H,15,16). The number of benzene rings is 1. The molecule has 2 rings (SSSR count). The lowest BCUT2D eigenvalue weighted by Gasteiger charge is -2.14. The summed E-state index contributed by atoms with van der Waals surface area (Å²) < 4.78 is 0. The zero-order valence-corrected chi connectivity index (χ0v) is 9.84. The zero-order chi connectivity index (χ0) is 11.8. The van der Waals surface area contributed by atoms with Crippen LogP contribution in [0.3, 0.4) is 0 Å². The van der Waals surface area contributed by atoms with Gasteiger partial charge in [0, 0.05) is 17.3 Å². The van der Waals surface area contributed by atoms with Crippen LogP contribution in [-0.2, 0) is 4.79 Å². The fourth-order valence-electron chi connectivity index (χ4n) is 1.68. The third-order valence-corrected chi connectivity index (χ3v) is 3.60. The fourth-order valence-corrected chi connectivity index (χ4v) is 1.86. The highest BCUT2D eigenvalue weighted by Crippen LogP contribution is 2.46. The van der Waals surface area contributed by atoms with E-state index in [-0.39, 0.29) is 0 Å². The van der Waals surface area contributed by atoms with Crippen molar-refractivity contribution in [1.29, 1.82) is 0 Å². The van der Waals surface area contributed by atoms with Crippen molar-refractivity contribution >= 4 is 23.3 Å². The molecule has 1 saturated carbocycles. The van der Waals surface area contributed by atoms with Gasteiger partial charge in [-0.25, -0.2) is 0 Å². The van der Waals surface area contributed by atoms with Crippen molar-refractivity contribution in [2.75, 3.05) is 11.9 Å². The molecule has 1 aliphatic rings. The monoisotopic (exact) mass is 239 g/mol. The summed E-state index contributed by atoms with van der Waals surface area (Å²) in [5.74, 6) is -0.709. The Bertz CT molecular complexity index is 427. The molecule has 1 aliphatic carbocycles. The van der Waals surface area contributed by atoms with Crippen LogP contribution in [0.2, 0.25) is 5.02 Å². The minimum Gasteiger partial charge on any atom is -0.481 e. The van der Waals surface area contributed by atoms with Gasteiger partial charge in [-0.2, -0.15) is 0 Å². The van der Waals surface area contributed by atoms with Gasteiger partial charge in [-0.3, -0.25) is 4.79 Å². The van der Waals surface area contributed by atoms with E-state index in [1.807, 2.05) is 25.1 Å². The molecule has 0 atom stereocenters. The third kappa shape index (κ3) is 2.00. The number of hydrogen-bond acceptors (Lipinski definition) is 2. The normalized spacial score (nSPS) is 16.9. The maximum atomic E-state index is 11.0. The molecule has 0 heterocycles. The second-order valence-corrected chi connectivity index (χ2v) is 4.76. The Hall–Kier alpha value is -1.22. The molecule has 0 saturated heterocycles. The number of carboxylic acids is 1. The quantitative estimate of drug-likeness (QED) is 0.850. The molecule has 3 nitrogen and oxygen atoms in total. The summed E-state index contributed by atoms with van der Waals surface area (Å²) in [5.41, 5.74) is 1.33. The van der Waals surface area contributed by atoms with Crippen molar-refractivity contribution in [3.05, 3.63) is 28.8 Å². The SMILES string of the molecule is Cc1c(Cl)cccc1NCC1(C(=O)O)CC1. The highest BCUT2D eigenvalue weighted by molar-refractivity contribution is 6.31. The van der Waals surface area contributed by atoms with Gasteiger partial charge in [0.25, 0.3) is 0 Å². The molecule has 0 aromatic heterocycles. The Balaban J connectivity index is 2.06. The molecule has 1 fully saturated rings. The minimum absolute atomic E-state index is 0.476. The minimum atomic E-state index is -0.709. The van der Waals surface area contributed by atoms with Gasteiger partial charge in [0.1, 0.15) is 0 Å². The first-order valence-corrected chi connectivity index (χ1v) is 5.65. The summed E-state index contributed by atoms with van der Waals surface area (Å²) in [4.78, 5) is 11.0. The number of carboxylic acid groups (broad SMARTS) is 1. The highest BCUT2D eigenvalue weighted by atomic mass is 35.5. The van der Waals surface area contributed by atoms with Crippen molar-refractivity contribution in [3.8, 4) is 0 Å². The van der Waals surface area contributed by atoms with Crippen LogP contribution in [0.5, 0.6) is 0 Å². The van der Waals surface area contributed by atoms with Gasteiger partial charge < -0.3 is 10.4 Å². The van der Waals surface area contributed by atoms with E-state index in [1.54, 1.807) is 0 Å². The lowest BCUT2D eigenvalue weighted by atomic mass is 10.1. The topological polar surface area (TPSA) is 49.3 Å². The van der Waals surface area contributed by atoms with Crippen LogP contribution in [-0.4, -0.2) is 17.6 Å². The molecule has 86 valence electrons. The van der Waals surface area contributed by atoms with Gasteiger partial charge in [-0.05, 0) is 37.5 Å². The average molecular weight is 240 g/mol. The lowest BCUT2D eigenvalue weighted by Crippen LogP contribution is -2.24. The van der Waals surface area contributed by atoms with Gasteiger partial charge >= 0.3 is 5.97 Å². The van der Waals surface area contributed by atoms with Crippen molar-refractivity contribution in [1.82, 2.24) is 0 Å².